The number of carbonyl (C=O) groups excluding carboxylic acids is 2. The molecule has 0 aliphatic carbocycles. The monoisotopic (exact) mass is 227 g/mol. The maximum Gasteiger partial charge on any atom is 0.353 e. The molecule has 0 spiro atoms. The average Bonchev–Trinajstić information content (AvgIpc) is 2.38. The summed E-state index contributed by atoms with van der Waals surface area (Å²) in [5, 5.41) is 8.57. The zero-order chi connectivity index (χ0) is 11.3. The average molecular weight is 227 g/mol. The molecule has 0 aromatic rings. The highest BCUT2D eigenvalue weighted by molar-refractivity contribution is 8.04. The third-order valence-electron chi connectivity index (χ3n) is 2.56. The van der Waals surface area contributed by atoms with Crippen molar-refractivity contribution >= 4 is 29.4 Å². The van der Waals surface area contributed by atoms with Gasteiger partial charge in [-0.15, -0.1) is 11.8 Å². The Morgan fingerprint density at radius 3 is 2.53 bits per heavy atom. The number of allylic oxidation sites excluding steroid dienone is 1. The van der Waals surface area contributed by atoms with Crippen LogP contribution in [0.3, 0.4) is 0 Å². The maximum atomic E-state index is 11.5. The SMILES string of the molecule is CC(=O)[C@H]1C(=O)N2C(C(=O)O)=C(C)S[C@H]12. The minimum atomic E-state index is -1.11. The first-order chi connectivity index (χ1) is 6.95. The number of ketones is 1. The summed E-state index contributed by atoms with van der Waals surface area (Å²) in [6.07, 6.45) is 0. The molecule has 1 fully saturated rings. The van der Waals surface area contributed by atoms with E-state index in [-0.39, 0.29) is 16.9 Å². The Morgan fingerprint density at radius 2 is 2.07 bits per heavy atom. The largest absolute Gasteiger partial charge is 0.477 e. The van der Waals surface area contributed by atoms with Crippen LogP contribution in [0.25, 0.3) is 0 Å². The first-order valence-corrected chi connectivity index (χ1v) is 5.27. The fourth-order valence-corrected chi connectivity index (χ4v) is 3.28. The second kappa shape index (κ2) is 3.10. The molecule has 1 N–H and O–H groups in total. The van der Waals surface area contributed by atoms with Gasteiger partial charge in [-0.1, -0.05) is 0 Å². The molecule has 1 saturated heterocycles. The number of carboxylic acids is 1. The van der Waals surface area contributed by atoms with Crippen LogP contribution in [0.4, 0.5) is 0 Å². The molecule has 0 bridgehead atoms. The smallest absolute Gasteiger partial charge is 0.353 e. The van der Waals surface area contributed by atoms with Gasteiger partial charge in [0.25, 0.3) is 0 Å². The van der Waals surface area contributed by atoms with Crippen molar-refractivity contribution in [2.75, 3.05) is 0 Å². The number of carboxylic acid groups (broad SMARTS) is 1. The van der Waals surface area contributed by atoms with Crippen LogP contribution in [0.15, 0.2) is 10.6 Å². The van der Waals surface area contributed by atoms with Gasteiger partial charge in [-0.05, 0) is 13.8 Å². The standard InChI is InChI=1S/C9H9NO4S/c1-3(11)5-7(12)10-6(9(13)14)4(2)15-8(5)10/h5,8H,1-2H3,(H,13,14)/t5-,8+/m0/s1. The molecule has 2 heterocycles. The number of hydrogen-bond donors (Lipinski definition) is 1. The van der Waals surface area contributed by atoms with E-state index in [1.807, 2.05) is 0 Å². The van der Waals surface area contributed by atoms with Gasteiger partial charge in [0.1, 0.15) is 22.8 Å². The van der Waals surface area contributed by atoms with E-state index in [1.165, 1.54) is 23.6 Å². The molecule has 15 heavy (non-hydrogen) atoms. The predicted molar refractivity (Wildman–Crippen MR) is 52.7 cm³/mol. The quantitative estimate of drug-likeness (QED) is 0.546. The highest BCUT2D eigenvalue weighted by atomic mass is 32.2. The van der Waals surface area contributed by atoms with E-state index in [9.17, 15) is 14.4 Å². The van der Waals surface area contributed by atoms with Crippen molar-refractivity contribution in [2.24, 2.45) is 5.92 Å². The van der Waals surface area contributed by atoms with Gasteiger partial charge in [-0.3, -0.25) is 14.5 Å². The van der Waals surface area contributed by atoms with E-state index in [2.05, 4.69) is 0 Å². The predicted octanol–water partition coefficient (Wildman–Crippen LogP) is 0.423. The first kappa shape index (κ1) is 10.2. The fraction of sp³-hybridized carbons (Fsp3) is 0.444. The lowest BCUT2D eigenvalue weighted by atomic mass is 9.93. The molecule has 1 amide bonds. The van der Waals surface area contributed by atoms with Crippen LogP contribution >= 0.6 is 11.8 Å². The molecule has 0 radical (unpaired) electrons. The molecule has 0 aromatic heterocycles. The topological polar surface area (TPSA) is 74.7 Å². The zero-order valence-electron chi connectivity index (χ0n) is 8.18. The first-order valence-electron chi connectivity index (χ1n) is 4.39. The van der Waals surface area contributed by atoms with E-state index < -0.39 is 17.8 Å². The molecule has 0 saturated carbocycles. The minimum Gasteiger partial charge on any atom is -0.477 e. The molecule has 0 unspecified atom stereocenters. The molecular formula is C9H9NO4S. The molecule has 2 aliphatic heterocycles. The molecule has 80 valence electrons. The summed E-state index contributed by atoms with van der Waals surface area (Å²) >= 11 is 1.27. The van der Waals surface area contributed by atoms with Crippen LogP contribution < -0.4 is 0 Å². The van der Waals surface area contributed by atoms with Gasteiger partial charge in [0.2, 0.25) is 5.91 Å². The summed E-state index contributed by atoms with van der Waals surface area (Å²) in [6, 6.07) is 0. The van der Waals surface area contributed by atoms with Crippen molar-refractivity contribution in [3.8, 4) is 0 Å². The van der Waals surface area contributed by atoms with Gasteiger partial charge in [-0.2, -0.15) is 0 Å². The number of thioether (sulfide) groups is 1. The third kappa shape index (κ3) is 1.21. The normalized spacial score (nSPS) is 28.9. The Bertz CT molecular complexity index is 414. The Morgan fingerprint density at radius 1 is 1.47 bits per heavy atom. The van der Waals surface area contributed by atoms with Gasteiger partial charge in [-0.25, -0.2) is 4.79 Å². The number of rotatable bonds is 2. The Hall–Kier alpha value is -1.30. The Labute approximate surface area is 90.1 Å². The number of nitrogens with zero attached hydrogens (tertiary/aromatic N) is 1. The summed E-state index contributed by atoms with van der Waals surface area (Å²) in [6.45, 7) is 3.01. The van der Waals surface area contributed by atoms with Crippen molar-refractivity contribution < 1.29 is 19.5 Å². The number of hydrogen-bond acceptors (Lipinski definition) is 4. The highest BCUT2D eigenvalue weighted by Gasteiger charge is 2.57. The lowest BCUT2D eigenvalue weighted by Crippen LogP contribution is -2.59. The van der Waals surface area contributed by atoms with E-state index in [0.717, 1.165) is 0 Å². The number of Topliss-reactive ketones (excluding diaryl/α,β-unsaturated/α-hetero) is 1. The number of β-lactam (4-membered cyclic amide) rings is 1. The molecule has 0 aromatic carbocycles. The van der Waals surface area contributed by atoms with E-state index in [1.54, 1.807) is 6.92 Å². The van der Waals surface area contributed by atoms with Crippen LogP contribution in [-0.4, -0.2) is 33.0 Å². The van der Waals surface area contributed by atoms with E-state index in [0.29, 0.717) is 4.91 Å². The summed E-state index contributed by atoms with van der Waals surface area (Å²) in [5.41, 5.74) is 0.0208. The van der Waals surface area contributed by atoms with Crippen LogP contribution in [0.2, 0.25) is 0 Å². The summed E-state index contributed by atoms with van der Waals surface area (Å²) < 4.78 is 0. The van der Waals surface area contributed by atoms with Gasteiger partial charge in [0, 0.05) is 4.91 Å². The summed E-state index contributed by atoms with van der Waals surface area (Å²) in [7, 11) is 0. The third-order valence-corrected chi connectivity index (χ3v) is 3.83. The lowest BCUT2D eigenvalue weighted by molar-refractivity contribution is -0.155. The lowest BCUT2D eigenvalue weighted by Gasteiger charge is -2.40. The molecule has 2 rings (SSSR count). The van der Waals surface area contributed by atoms with Crippen molar-refractivity contribution in [3.05, 3.63) is 10.6 Å². The van der Waals surface area contributed by atoms with Crippen LogP contribution in [0.5, 0.6) is 0 Å². The molecule has 6 heteroatoms. The van der Waals surface area contributed by atoms with E-state index >= 15 is 0 Å². The Kier molecular flexibility index (Phi) is 2.11. The molecule has 2 aliphatic rings. The number of carbonyl (C=O) groups is 3. The van der Waals surface area contributed by atoms with Crippen LogP contribution in [0.1, 0.15) is 13.8 Å². The van der Waals surface area contributed by atoms with Crippen molar-refractivity contribution in [1.82, 2.24) is 4.90 Å². The van der Waals surface area contributed by atoms with Crippen molar-refractivity contribution in [2.45, 2.75) is 19.2 Å². The molecule has 2 atom stereocenters. The summed E-state index contributed by atoms with van der Waals surface area (Å²) in [4.78, 5) is 35.3. The number of amides is 1. The van der Waals surface area contributed by atoms with Gasteiger partial charge >= 0.3 is 5.97 Å². The second-order valence-corrected chi connectivity index (χ2v) is 4.85. The Balaban J connectivity index is 2.30. The highest BCUT2D eigenvalue weighted by Crippen LogP contribution is 2.49. The number of fused-ring (bicyclic) bond motifs is 1. The maximum absolute atomic E-state index is 11.5. The van der Waals surface area contributed by atoms with Crippen LogP contribution in [-0.2, 0) is 14.4 Å². The van der Waals surface area contributed by atoms with Crippen molar-refractivity contribution in [3.63, 3.8) is 0 Å². The number of aliphatic carboxylic acids is 1. The van der Waals surface area contributed by atoms with Gasteiger partial charge in [0.15, 0.2) is 0 Å². The van der Waals surface area contributed by atoms with Gasteiger partial charge in [0.05, 0.1) is 0 Å². The van der Waals surface area contributed by atoms with Crippen molar-refractivity contribution in [1.29, 1.82) is 0 Å². The summed E-state index contributed by atoms with van der Waals surface area (Å²) in [5.74, 6) is -2.37. The fourth-order valence-electron chi connectivity index (χ4n) is 1.86. The van der Waals surface area contributed by atoms with Gasteiger partial charge < -0.3 is 5.11 Å². The minimum absolute atomic E-state index is 0.0208. The molecule has 5 nitrogen and oxygen atoms in total. The zero-order valence-corrected chi connectivity index (χ0v) is 9.00. The second-order valence-electron chi connectivity index (χ2n) is 3.51. The van der Waals surface area contributed by atoms with E-state index in [4.69, 9.17) is 5.11 Å². The van der Waals surface area contributed by atoms with Crippen LogP contribution in [0, 0.1) is 5.92 Å². The molecular weight excluding hydrogens is 218 g/mol.